The van der Waals surface area contributed by atoms with E-state index in [0.29, 0.717) is 16.3 Å². The molecule has 0 bridgehead atoms. The fourth-order valence-corrected chi connectivity index (χ4v) is 3.96. The molecular formula is C22H15F3N2O4S. The van der Waals surface area contributed by atoms with Crippen molar-refractivity contribution in [3.8, 4) is 11.5 Å². The van der Waals surface area contributed by atoms with Crippen molar-refractivity contribution < 1.29 is 32.2 Å². The molecule has 0 saturated carbocycles. The maximum atomic E-state index is 13.3. The number of amides is 2. The van der Waals surface area contributed by atoms with Crippen LogP contribution in [0.5, 0.6) is 11.5 Å². The first-order chi connectivity index (χ1) is 15.3. The molecule has 0 fully saturated rings. The number of methoxy groups -OCH3 is 1. The highest BCUT2D eigenvalue weighted by molar-refractivity contribution is 7.11. The van der Waals surface area contributed by atoms with Crippen LogP contribution in [0, 0.1) is 0 Å². The van der Waals surface area contributed by atoms with Gasteiger partial charge in [-0.3, -0.25) is 9.59 Å². The Labute approximate surface area is 184 Å². The number of nitrogens with zero attached hydrogens (tertiary/aromatic N) is 1. The van der Waals surface area contributed by atoms with Gasteiger partial charge in [0, 0.05) is 22.7 Å². The molecule has 2 amide bonds. The minimum atomic E-state index is -4.86. The first-order valence-electron chi connectivity index (χ1n) is 9.20. The minimum Gasteiger partial charge on any atom is -0.497 e. The highest BCUT2D eigenvalue weighted by Gasteiger charge is 2.41. The van der Waals surface area contributed by atoms with Crippen molar-refractivity contribution in [2.45, 2.75) is 6.36 Å². The van der Waals surface area contributed by atoms with Gasteiger partial charge >= 0.3 is 6.36 Å². The molecule has 0 atom stereocenters. The topological polar surface area (TPSA) is 67.9 Å². The number of imide groups is 1. The lowest BCUT2D eigenvalue weighted by atomic mass is 10.2. The van der Waals surface area contributed by atoms with E-state index >= 15 is 0 Å². The summed E-state index contributed by atoms with van der Waals surface area (Å²) >= 11 is 1.26. The Morgan fingerprint density at radius 3 is 2.38 bits per heavy atom. The zero-order chi connectivity index (χ0) is 22.9. The molecule has 1 N–H and O–H groups in total. The Balaban J connectivity index is 1.73. The van der Waals surface area contributed by atoms with E-state index in [4.69, 9.17) is 4.74 Å². The zero-order valence-corrected chi connectivity index (χ0v) is 17.3. The van der Waals surface area contributed by atoms with E-state index in [-0.39, 0.29) is 17.0 Å². The van der Waals surface area contributed by atoms with E-state index in [9.17, 15) is 22.8 Å². The summed E-state index contributed by atoms with van der Waals surface area (Å²) in [7, 11) is 1.46. The smallest absolute Gasteiger partial charge is 0.497 e. The van der Waals surface area contributed by atoms with E-state index in [0.717, 1.165) is 17.0 Å². The van der Waals surface area contributed by atoms with Crippen LogP contribution in [0.2, 0.25) is 0 Å². The number of halogens is 3. The highest BCUT2D eigenvalue weighted by atomic mass is 32.1. The molecule has 2 heterocycles. The number of nitrogens with one attached hydrogen (secondary N) is 1. The average Bonchev–Trinajstić information content (AvgIpc) is 3.34. The zero-order valence-electron chi connectivity index (χ0n) is 16.5. The van der Waals surface area contributed by atoms with Gasteiger partial charge in [0.05, 0.1) is 18.4 Å². The molecule has 0 aliphatic carbocycles. The normalized spacial score (nSPS) is 14.2. The molecular weight excluding hydrogens is 445 g/mol. The number of anilines is 2. The lowest BCUT2D eigenvalue weighted by Gasteiger charge is -2.16. The molecule has 0 saturated heterocycles. The van der Waals surface area contributed by atoms with Gasteiger partial charge < -0.3 is 14.8 Å². The largest absolute Gasteiger partial charge is 0.573 e. The second-order valence-corrected chi connectivity index (χ2v) is 7.52. The van der Waals surface area contributed by atoms with Crippen molar-refractivity contribution in [2.24, 2.45) is 0 Å². The van der Waals surface area contributed by atoms with Gasteiger partial charge in [0.1, 0.15) is 17.2 Å². The number of benzene rings is 2. The third kappa shape index (κ3) is 4.30. The maximum absolute atomic E-state index is 13.3. The molecule has 1 aliphatic heterocycles. The Morgan fingerprint density at radius 2 is 1.69 bits per heavy atom. The van der Waals surface area contributed by atoms with Gasteiger partial charge in [-0.25, -0.2) is 4.90 Å². The number of carbonyl (C=O) groups excluding carboxylic acids is 2. The summed E-state index contributed by atoms with van der Waals surface area (Å²) in [6, 6.07) is 14.9. The highest BCUT2D eigenvalue weighted by Crippen LogP contribution is 2.37. The van der Waals surface area contributed by atoms with E-state index in [1.54, 1.807) is 41.8 Å². The summed E-state index contributed by atoms with van der Waals surface area (Å²) in [5.74, 6) is -1.20. The Bertz CT molecular complexity index is 1210. The Morgan fingerprint density at radius 1 is 0.938 bits per heavy atom. The van der Waals surface area contributed by atoms with Crippen LogP contribution in [-0.2, 0) is 9.59 Å². The first kappa shape index (κ1) is 21.4. The van der Waals surface area contributed by atoms with Crippen LogP contribution in [0.25, 0.3) is 5.57 Å². The van der Waals surface area contributed by atoms with Crippen LogP contribution in [0.1, 0.15) is 4.88 Å². The van der Waals surface area contributed by atoms with E-state index in [2.05, 4.69) is 10.1 Å². The summed E-state index contributed by atoms with van der Waals surface area (Å²) in [5.41, 5.74) is 0.531. The number of hydrogen-bond acceptors (Lipinski definition) is 6. The monoisotopic (exact) mass is 460 g/mol. The molecule has 4 rings (SSSR count). The van der Waals surface area contributed by atoms with Crippen molar-refractivity contribution in [3.05, 3.63) is 76.6 Å². The van der Waals surface area contributed by atoms with E-state index < -0.39 is 23.9 Å². The standard InChI is InChI=1S/C22H15F3N2O4S/c1-30-15-7-3-6-14(12-15)27-20(28)18(17-9-4-10-32-17)19(21(27)29)26-13-5-2-8-16(11-13)31-22(23,24)25/h2-12,26H,1H3. The second kappa shape index (κ2) is 8.39. The Hall–Kier alpha value is -3.79. The lowest BCUT2D eigenvalue weighted by molar-refractivity contribution is -0.274. The summed E-state index contributed by atoms with van der Waals surface area (Å²) in [4.78, 5) is 28.1. The second-order valence-electron chi connectivity index (χ2n) is 6.58. The third-order valence-electron chi connectivity index (χ3n) is 4.50. The number of rotatable bonds is 6. The SMILES string of the molecule is COc1cccc(N2C(=O)C(Nc3cccc(OC(F)(F)F)c3)=C(c3cccs3)C2=O)c1. The quantitative estimate of drug-likeness (QED) is 0.522. The van der Waals surface area contributed by atoms with Gasteiger partial charge in [-0.2, -0.15) is 0 Å². The average molecular weight is 460 g/mol. The molecule has 0 radical (unpaired) electrons. The molecule has 3 aromatic rings. The molecule has 6 nitrogen and oxygen atoms in total. The molecule has 164 valence electrons. The molecule has 2 aromatic carbocycles. The van der Waals surface area contributed by atoms with Crippen LogP contribution in [0.15, 0.2) is 71.7 Å². The van der Waals surface area contributed by atoms with Crippen LogP contribution < -0.4 is 19.7 Å². The van der Waals surface area contributed by atoms with Crippen molar-refractivity contribution in [2.75, 3.05) is 17.3 Å². The van der Waals surface area contributed by atoms with Crippen molar-refractivity contribution in [3.63, 3.8) is 0 Å². The fourth-order valence-electron chi connectivity index (χ4n) is 3.19. The summed E-state index contributed by atoms with van der Waals surface area (Å²) < 4.78 is 46.8. The number of alkyl halides is 3. The van der Waals surface area contributed by atoms with Crippen LogP contribution >= 0.6 is 11.3 Å². The lowest BCUT2D eigenvalue weighted by Crippen LogP contribution is -2.32. The molecule has 1 aliphatic rings. The summed E-state index contributed by atoms with van der Waals surface area (Å²) in [6.07, 6.45) is -4.86. The van der Waals surface area contributed by atoms with Gasteiger partial charge in [0.2, 0.25) is 0 Å². The van der Waals surface area contributed by atoms with Crippen LogP contribution in [-0.4, -0.2) is 25.3 Å². The predicted octanol–water partition coefficient (Wildman–Crippen LogP) is 5.05. The van der Waals surface area contributed by atoms with Crippen LogP contribution in [0.3, 0.4) is 0 Å². The van der Waals surface area contributed by atoms with Gasteiger partial charge in [-0.1, -0.05) is 18.2 Å². The van der Waals surface area contributed by atoms with E-state index in [1.165, 1.54) is 30.6 Å². The summed E-state index contributed by atoms with van der Waals surface area (Å²) in [6.45, 7) is 0. The number of thiophene rings is 1. The third-order valence-corrected chi connectivity index (χ3v) is 5.39. The van der Waals surface area contributed by atoms with Gasteiger partial charge in [-0.05, 0) is 35.7 Å². The predicted molar refractivity (Wildman–Crippen MR) is 113 cm³/mol. The van der Waals surface area contributed by atoms with Crippen molar-refractivity contribution >= 4 is 40.1 Å². The van der Waals surface area contributed by atoms with E-state index in [1.807, 2.05) is 0 Å². The molecule has 1 aromatic heterocycles. The van der Waals surface area contributed by atoms with Crippen molar-refractivity contribution in [1.29, 1.82) is 0 Å². The van der Waals surface area contributed by atoms with Gasteiger partial charge in [0.15, 0.2) is 0 Å². The first-order valence-corrected chi connectivity index (χ1v) is 10.1. The van der Waals surface area contributed by atoms with Crippen LogP contribution in [0.4, 0.5) is 24.5 Å². The van der Waals surface area contributed by atoms with Crippen molar-refractivity contribution in [1.82, 2.24) is 0 Å². The van der Waals surface area contributed by atoms with Gasteiger partial charge in [0.25, 0.3) is 11.8 Å². The number of ether oxygens (including phenoxy) is 2. The molecule has 10 heteroatoms. The number of hydrogen-bond donors (Lipinski definition) is 1. The van der Waals surface area contributed by atoms with Gasteiger partial charge in [-0.15, -0.1) is 24.5 Å². The summed E-state index contributed by atoms with van der Waals surface area (Å²) in [5, 5.41) is 4.56. The fraction of sp³-hybridized carbons (Fsp3) is 0.0909. The molecule has 0 unspecified atom stereocenters. The minimum absolute atomic E-state index is 0.0515. The molecule has 0 spiro atoms. The Kier molecular flexibility index (Phi) is 5.62. The molecule has 32 heavy (non-hydrogen) atoms. The maximum Gasteiger partial charge on any atom is 0.573 e. The number of carbonyl (C=O) groups is 2.